The van der Waals surface area contributed by atoms with E-state index in [0.717, 1.165) is 5.56 Å². The maximum atomic E-state index is 14.4. The molecule has 3 unspecified atom stereocenters. The van der Waals surface area contributed by atoms with E-state index in [1.54, 1.807) is 47.1 Å². The number of esters is 2. The van der Waals surface area contributed by atoms with Crippen LogP contribution in [0, 0.1) is 5.92 Å². The number of rotatable bonds is 8. The lowest BCUT2D eigenvalue weighted by Crippen LogP contribution is -2.43. The SMILES string of the molecule is CCOC(=O)C1=C(C)NC2=C(C(=O)C(C(=O)OCC)C(c3ccccc3OC)C2)C1c1ccc(OC)cc1. The van der Waals surface area contributed by atoms with E-state index in [1.807, 2.05) is 36.4 Å². The molecule has 0 saturated heterocycles. The predicted molar refractivity (Wildman–Crippen MR) is 141 cm³/mol. The van der Waals surface area contributed by atoms with Gasteiger partial charge in [-0.3, -0.25) is 9.59 Å². The molecule has 8 heteroatoms. The van der Waals surface area contributed by atoms with Crippen LogP contribution in [0.1, 0.15) is 50.2 Å². The van der Waals surface area contributed by atoms with Crippen molar-refractivity contribution in [2.75, 3.05) is 27.4 Å². The topological polar surface area (TPSA) is 100 Å². The molecule has 200 valence electrons. The first-order valence-electron chi connectivity index (χ1n) is 12.7. The number of benzene rings is 2. The highest BCUT2D eigenvalue weighted by Crippen LogP contribution is 2.49. The highest BCUT2D eigenvalue weighted by atomic mass is 16.5. The fourth-order valence-electron chi connectivity index (χ4n) is 5.41. The van der Waals surface area contributed by atoms with Gasteiger partial charge in [0.15, 0.2) is 5.78 Å². The van der Waals surface area contributed by atoms with Gasteiger partial charge in [-0.05, 0) is 56.5 Å². The minimum atomic E-state index is -1.10. The molecule has 2 aromatic carbocycles. The highest BCUT2D eigenvalue weighted by molar-refractivity contribution is 6.13. The minimum Gasteiger partial charge on any atom is -0.497 e. The van der Waals surface area contributed by atoms with E-state index in [0.29, 0.717) is 46.0 Å². The highest BCUT2D eigenvalue weighted by Gasteiger charge is 2.49. The minimum absolute atomic E-state index is 0.139. The van der Waals surface area contributed by atoms with Gasteiger partial charge in [0, 0.05) is 28.8 Å². The van der Waals surface area contributed by atoms with Gasteiger partial charge < -0.3 is 24.3 Å². The standard InChI is InChI=1S/C30H33NO7/c1-6-37-29(33)24-17(3)31-22-16-21(20-10-8-9-11-23(20)36-5)26(30(34)38-7-2)28(32)27(22)25(24)18-12-14-19(35-4)15-13-18/h8-15,21,25-26,31H,6-7,16H2,1-5H3. The number of dihydropyridines is 1. The number of methoxy groups -OCH3 is 2. The largest absolute Gasteiger partial charge is 0.497 e. The second-order valence-electron chi connectivity index (χ2n) is 9.13. The monoisotopic (exact) mass is 519 g/mol. The Hall–Kier alpha value is -4.07. The lowest BCUT2D eigenvalue weighted by molar-refractivity contribution is -0.152. The normalized spacial score (nSPS) is 20.9. The van der Waals surface area contributed by atoms with Gasteiger partial charge in [0.2, 0.25) is 0 Å². The van der Waals surface area contributed by atoms with E-state index in [4.69, 9.17) is 18.9 Å². The number of ether oxygens (including phenoxy) is 4. The van der Waals surface area contributed by atoms with Gasteiger partial charge >= 0.3 is 11.9 Å². The van der Waals surface area contributed by atoms with Gasteiger partial charge in [-0.2, -0.15) is 0 Å². The Morgan fingerprint density at radius 2 is 1.63 bits per heavy atom. The number of nitrogens with one attached hydrogen (secondary N) is 1. The van der Waals surface area contributed by atoms with Crippen LogP contribution in [0.2, 0.25) is 0 Å². The number of allylic oxidation sites excluding steroid dienone is 3. The summed E-state index contributed by atoms with van der Waals surface area (Å²) in [7, 11) is 3.13. The van der Waals surface area contributed by atoms with E-state index >= 15 is 0 Å². The van der Waals surface area contributed by atoms with Crippen molar-refractivity contribution in [1.29, 1.82) is 0 Å². The molecule has 0 fully saturated rings. The summed E-state index contributed by atoms with van der Waals surface area (Å²) in [6, 6.07) is 14.6. The van der Waals surface area contributed by atoms with Crippen LogP contribution in [0.3, 0.4) is 0 Å². The van der Waals surface area contributed by atoms with Crippen LogP contribution in [0.15, 0.2) is 71.1 Å². The maximum Gasteiger partial charge on any atom is 0.336 e. The smallest absolute Gasteiger partial charge is 0.336 e. The first-order valence-corrected chi connectivity index (χ1v) is 12.7. The van der Waals surface area contributed by atoms with Gasteiger partial charge in [-0.25, -0.2) is 4.79 Å². The zero-order valence-corrected chi connectivity index (χ0v) is 22.3. The molecule has 0 radical (unpaired) electrons. The number of carbonyl (C=O) groups is 3. The van der Waals surface area contributed by atoms with Gasteiger partial charge in [-0.1, -0.05) is 30.3 Å². The zero-order chi connectivity index (χ0) is 27.4. The third kappa shape index (κ3) is 4.90. The molecule has 0 bridgehead atoms. The van der Waals surface area contributed by atoms with Gasteiger partial charge in [0.1, 0.15) is 17.4 Å². The number of hydrogen-bond donors (Lipinski definition) is 1. The fraction of sp³-hybridized carbons (Fsp3) is 0.367. The average Bonchev–Trinajstić information content (AvgIpc) is 2.92. The van der Waals surface area contributed by atoms with Crippen molar-refractivity contribution < 1.29 is 33.3 Å². The molecule has 38 heavy (non-hydrogen) atoms. The summed E-state index contributed by atoms with van der Waals surface area (Å²) in [6.45, 7) is 5.57. The van der Waals surface area contributed by atoms with E-state index in [-0.39, 0.29) is 19.0 Å². The van der Waals surface area contributed by atoms with Gasteiger partial charge in [0.05, 0.1) is 33.0 Å². The first-order chi connectivity index (χ1) is 18.4. The molecule has 0 saturated carbocycles. The molecule has 0 aromatic heterocycles. The van der Waals surface area contributed by atoms with Crippen LogP contribution in [-0.4, -0.2) is 45.2 Å². The summed E-state index contributed by atoms with van der Waals surface area (Å²) >= 11 is 0. The Balaban J connectivity index is 1.91. The second kappa shape index (κ2) is 11.5. The van der Waals surface area contributed by atoms with E-state index in [9.17, 15) is 14.4 Å². The number of Topliss-reactive ketones (excluding diaryl/α,β-unsaturated/α-hetero) is 1. The lowest BCUT2D eigenvalue weighted by Gasteiger charge is -2.39. The van der Waals surface area contributed by atoms with E-state index in [1.165, 1.54) is 0 Å². The van der Waals surface area contributed by atoms with Crippen molar-refractivity contribution in [3.8, 4) is 11.5 Å². The van der Waals surface area contributed by atoms with E-state index in [2.05, 4.69) is 5.32 Å². The number of hydrogen-bond acceptors (Lipinski definition) is 8. The van der Waals surface area contributed by atoms with Crippen LogP contribution in [0.4, 0.5) is 0 Å². The summed E-state index contributed by atoms with van der Waals surface area (Å²) in [5, 5.41) is 3.31. The molecule has 4 rings (SSSR count). The quantitative estimate of drug-likeness (QED) is 0.404. The fourth-order valence-corrected chi connectivity index (χ4v) is 5.41. The van der Waals surface area contributed by atoms with Crippen molar-refractivity contribution in [2.45, 2.75) is 39.0 Å². The summed E-state index contributed by atoms with van der Waals surface area (Å²) in [5.41, 5.74) is 3.43. The Labute approximate surface area is 222 Å². The molecule has 8 nitrogen and oxygen atoms in total. The Bertz CT molecular complexity index is 1290. The summed E-state index contributed by atoms with van der Waals surface area (Å²) in [4.78, 5) is 40.9. The Kier molecular flexibility index (Phi) is 8.20. The molecule has 1 heterocycles. The maximum absolute atomic E-state index is 14.4. The Morgan fingerprint density at radius 1 is 0.947 bits per heavy atom. The molecule has 0 amide bonds. The number of carbonyl (C=O) groups excluding carboxylic acids is 3. The third-order valence-corrected chi connectivity index (χ3v) is 7.04. The van der Waals surface area contributed by atoms with Crippen LogP contribution in [0.5, 0.6) is 11.5 Å². The van der Waals surface area contributed by atoms with Crippen molar-refractivity contribution in [3.63, 3.8) is 0 Å². The first kappa shape index (κ1) is 27.0. The lowest BCUT2D eigenvalue weighted by atomic mass is 9.67. The van der Waals surface area contributed by atoms with Crippen molar-refractivity contribution in [1.82, 2.24) is 5.32 Å². The molecule has 0 spiro atoms. The summed E-state index contributed by atoms with van der Waals surface area (Å²) in [5.74, 6) is -2.61. The predicted octanol–water partition coefficient (Wildman–Crippen LogP) is 4.42. The molecule has 2 aromatic rings. The average molecular weight is 520 g/mol. The second-order valence-corrected chi connectivity index (χ2v) is 9.13. The summed E-state index contributed by atoms with van der Waals surface area (Å²) < 4.78 is 21.7. The molecular weight excluding hydrogens is 486 g/mol. The third-order valence-electron chi connectivity index (χ3n) is 7.04. The van der Waals surface area contributed by atoms with Crippen LogP contribution in [0.25, 0.3) is 0 Å². The van der Waals surface area contributed by atoms with Crippen molar-refractivity contribution in [3.05, 3.63) is 82.2 Å². The summed E-state index contributed by atoms with van der Waals surface area (Å²) in [6.07, 6.45) is 0.352. The van der Waals surface area contributed by atoms with Crippen molar-refractivity contribution in [2.24, 2.45) is 5.92 Å². The number of para-hydroxylation sites is 1. The number of ketones is 1. The molecular formula is C30H33NO7. The van der Waals surface area contributed by atoms with Gasteiger partial charge in [-0.15, -0.1) is 0 Å². The van der Waals surface area contributed by atoms with Crippen LogP contribution >= 0.6 is 0 Å². The molecule has 3 atom stereocenters. The van der Waals surface area contributed by atoms with Gasteiger partial charge in [0.25, 0.3) is 0 Å². The molecule has 1 aliphatic heterocycles. The van der Waals surface area contributed by atoms with Crippen molar-refractivity contribution >= 4 is 17.7 Å². The van der Waals surface area contributed by atoms with E-state index < -0.39 is 29.7 Å². The molecule has 1 N–H and O–H groups in total. The van der Waals surface area contributed by atoms with Crippen LogP contribution < -0.4 is 14.8 Å². The Morgan fingerprint density at radius 3 is 2.26 bits per heavy atom. The molecule has 2 aliphatic rings. The molecule has 1 aliphatic carbocycles. The van der Waals surface area contributed by atoms with Crippen LogP contribution in [-0.2, 0) is 23.9 Å². The zero-order valence-electron chi connectivity index (χ0n) is 22.3.